The van der Waals surface area contributed by atoms with Crippen molar-refractivity contribution >= 4 is 0 Å². The summed E-state index contributed by atoms with van der Waals surface area (Å²) in [6.45, 7) is 0. The predicted molar refractivity (Wildman–Crippen MR) is 251 cm³/mol. The van der Waals surface area contributed by atoms with Crippen LogP contribution in [0.15, 0.2) is 109 Å². The van der Waals surface area contributed by atoms with E-state index in [1.807, 2.05) is 0 Å². The van der Waals surface area contributed by atoms with Crippen LogP contribution >= 0.6 is 0 Å². The van der Waals surface area contributed by atoms with Crippen LogP contribution in [0.25, 0.3) is 0 Å². The predicted octanol–water partition coefficient (Wildman–Crippen LogP) is 18.9. The normalized spacial score (nSPS) is 24.4. The summed E-state index contributed by atoms with van der Waals surface area (Å²) in [5, 5.41) is 0. The largest absolute Gasteiger partial charge is 0.0851 e. The summed E-state index contributed by atoms with van der Waals surface area (Å²) in [6.07, 6.45) is 89.2. The van der Waals surface area contributed by atoms with Crippen LogP contribution < -0.4 is 0 Å². The molecule has 310 valence electrons. The quantitative estimate of drug-likeness (QED) is 0.216. The molecule has 0 saturated heterocycles. The third kappa shape index (κ3) is 35.8. The standard InChI is InChI=1S/4C12H20.C7H10/c4*1-2-4-6-8-10-12-11-9-7-5-3-1;1-2-7-4-3-6(1)5-7/h4*1-4H,5-12H2;1-2,6-7H,3-5H2. The van der Waals surface area contributed by atoms with Gasteiger partial charge in [-0.2, -0.15) is 0 Å². The Bertz CT molecular complexity index is 841. The van der Waals surface area contributed by atoms with Gasteiger partial charge in [0.05, 0.1) is 0 Å². The highest BCUT2D eigenvalue weighted by molar-refractivity contribution is 5.07. The molecule has 1 saturated carbocycles. The van der Waals surface area contributed by atoms with Crippen LogP contribution in [0, 0.1) is 11.8 Å². The van der Waals surface area contributed by atoms with Gasteiger partial charge < -0.3 is 0 Å². The molecule has 6 rings (SSSR count). The Hall–Kier alpha value is -2.34. The van der Waals surface area contributed by atoms with E-state index < -0.39 is 0 Å². The van der Waals surface area contributed by atoms with Crippen LogP contribution in [-0.4, -0.2) is 0 Å². The number of hydrogen-bond acceptors (Lipinski definition) is 0. The van der Waals surface area contributed by atoms with Crippen LogP contribution in [0.2, 0.25) is 0 Å². The lowest BCUT2D eigenvalue weighted by atomic mass is 10.1. The molecule has 0 nitrogen and oxygen atoms in total. The minimum Gasteiger partial charge on any atom is -0.0851 e. The van der Waals surface area contributed by atoms with Crippen LogP contribution in [0.3, 0.4) is 0 Å². The smallest absolute Gasteiger partial charge is 0.0228 e. The van der Waals surface area contributed by atoms with Crippen LogP contribution in [-0.2, 0) is 0 Å². The van der Waals surface area contributed by atoms with Gasteiger partial charge in [0.15, 0.2) is 0 Å². The average molecular weight is 751 g/mol. The molecule has 0 aromatic carbocycles. The fourth-order valence-electron chi connectivity index (χ4n) is 8.04. The van der Waals surface area contributed by atoms with E-state index in [0.717, 1.165) is 11.8 Å². The fraction of sp³-hybridized carbons (Fsp3) is 0.673. The van der Waals surface area contributed by atoms with Crippen LogP contribution in [0.5, 0.6) is 0 Å². The van der Waals surface area contributed by atoms with E-state index in [4.69, 9.17) is 0 Å². The molecule has 0 amide bonds. The summed E-state index contributed by atoms with van der Waals surface area (Å²) in [5.74, 6) is 1.98. The molecule has 0 aliphatic heterocycles. The van der Waals surface area contributed by atoms with Crippen molar-refractivity contribution in [2.75, 3.05) is 0 Å². The minimum atomic E-state index is 0.991. The summed E-state index contributed by atoms with van der Waals surface area (Å²) >= 11 is 0. The Labute approximate surface area is 344 Å². The molecule has 0 heterocycles. The summed E-state index contributed by atoms with van der Waals surface area (Å²) in [4.78, 5) is 0. The first-order valence-electron chi connectivity index (χ1n) is 24.4. The third-order valence-corrected chi connectivity index (χ3v) is 11.7. The molecule has 0 aromatic rings. The van der Waals surface area contributed by atoms with E-state index >= 15 is 0 Å². The topological polar surface area (TPSA) is 0 Å². The molecule has 2 bridgehead atoms. The molecule has 0 spiro atoms. The van der Waals surface area contributed by atoms with Crippen molar-refractivity contribution in [1.29, 1.82) is 0 Å². The minimum absolute atomic E-state index is 0.991. The fourth-order valence-corrected chi connectivity index (χ4v) is 8.04. The lowest BCUT2D eigenvalue weighted by Crippen LogP contribution is -1.82. The molecule has 0 radical (unpaired) electrons. The van der Waals surface area contributed by atoms with Gasteiger partial charge in [-0.15, -0.1) is 0 Å². The van der Waals surface area contributed by atoms with Gasteiger partial charge in [-0.3, -0.25) is 0 Å². The van der Waals surface area contributed by atoms with Crippen molar-refractivity contribution in [3.8, 4) is 0 Å². The molecule has 0 N–H and O–H groups in total. The molecular weight excluding hydrogens is 661 g/mol. The van der Waals surface area contributed by atoms with Gasteiger partial charge in [0.25, 0.3) is 0 Å². The zero-order valence-corrected chi connectivity index (χ0v) is 36.3. The second kappa shape index (κ2) is 41.3. The second-order valence-electron chi connectivity index (χ2n) is 16.9. The first-order chi connectivity index (χ1) is 27.4. The zero-order valence-electron chi connectivity index (χ0n) is 36.3. The maximum atomic E-state index is 2.38. The molecule has 6 aliphatic carbocycles. The van der Waals surface area contributed by atoms with Gasteiger partial charge in [-0.25, -0.2) is 0 Å². The van der Waals surface area contributed by atoms with Gasteiger partial charge in [0.1, 0.15) is 0 Å². The van der Waals surface area contributed by atoms with Gasteiger partial charge >= 0.3 is 0 Å². The van der Waals surface area contributed by atoms with Crippen molar-refractivity contribution in [3.63, 3.8) is 0 Å². The molecule has 6 aliphatic rings. The first kappa shape index (κ1) is 48.8. The van der Waals surface area contributed by atoms with Crippen LogP contribution in [0.4, 0.5) is 0 Å². The van der Waals surface area contributed by atoms with E-state index in [1.165, 1.54) is 225 Å². The van der Waals surface area contributed by atoms with Crippen molar-refractivity contribution in [2.45, 2.75) is 225 Å². The summed E-state index contributed by atoms with van der Waals surface area (Å²) < 4.78 is 0. The zero-order chi connectivity index (χ0) is 38.6. The lowest BCUT2D eigenvalue weighted by molar-refractivity contribution is 0.599. The Morgan fingerprint density at radius 2 is 0.364 bits per heavy atom. The third-order valence-electron chi connectivity index (χ3n) is 11.7. The highest BCUT2D eigenvalue weighted by Crippen LogP contribution is 2.38. The Morgan fingerprint density at radius 1 is 0.200 bits per heavy atom. The summed E-state index contributed by atoms with van der Waals surface area (Å²) in [6, 6.07) is 0. The van der Waals surface area contributed by atoms with E-state index in [-0.39, 0.29) is 0 Å². The van der Waals surface area contributed by atoms with Gasteiger partial charge in [0.2, 0.25) is 0 Å². The number of fused-ring (bicyclic) bond motifs is 2. The van der Waals surface area contributed by atoms with Crippen molar-refractivity contribution in [1.82, 2.24) is 0 Å². The number of rotatable bonds is 0. The summed E-state index contributed by atoms with van der Waals surface area (Å²) in [5.41, 5.74) is 0. The molecule has 1 fully saturated rings. The number of hydrogen-bond donors (Lipinski definition) is 0. The molecule has 0 aromatic heterocycles. The van der Waals surface area contributed by atoms with Gasteiger partial charge in [0, 0.05) is 0 Å². The lowest BCUT2D eigenvalue weighted by Gasteiger charge is -1.99. The average Bonchev–Trinajstić information content (AvgIpc) is 3.84. The maximum absolute atomic E-state index is 2.38. The number of allylic oxidation sites excluding steroid dienone is 18. The van der Waals surface area contributed by atoms with E-state index in [1.54, 1.807) is 0 Å². The Morgan fingerprint density at radius 3 is 0.491 bits per heavy atom. The second-order valence-corrected chi connectivity index (χ2v) is 16.9. The van der Waals surface area contributed by atoms with Crippen molar-refractivity contribution in [3.05, 3.63) is 109 Å². The molecule has 2 atom stereocenters. The van der Waals surface area contributed by atoms with E-state index in [9.17, 15) is 0 Å². The molecule has 55 heavy (non-hydrogen) atoms. The summed E-state index contributed by atoms with van der Waals surface area (Å²) in [7, 11) is 0. The molecule has 0 heteroatoms. The van der Waals surface area contributed by atoms with Crippen LogP contribution in [0.1, 0.15) is 225 Å². The van der Waals surface area contributed by atoms with Gasteiger partial charge in [-0.05, 0) is 134 Å². The Balaban J connectivity index is 0.000000239. The van der Waals surface area contributed by atoms with E-state index in [2.05, 4.69) is 109 Å². The maximum Gasteiger partial charge on any atom is -0.0228 e. The monoisotopic (exact) mass is 751 g/mol. The van der Waals surface area contributed by atoms with Crippen molar-refractivity contribution < 1.29 is 0 Å². The SMILES string of the molecule is C1=CC2CCC1C2.C1=CCCCCCCCCC=C1.C1=CCCCCCCCCC=C1.C1=CCCCCCCCCC=C1.C1=CCCCCCCCCC=C1. The molecular formula is C55H90. The first-order valence-corrected chi connectivity index (χ1v) is 24.4. The van der Waals surface area contributed by atoms with Crippen molar-refractivity contribution in [2.24, 2.45) is 11.8 Å². The highest BCUT2D eigenvalue weighted by atomic mass is 14.3. The Kier molecular flexibility index (Phi) is 36.6. The molecule has 2 unspecified atom stereocenters. The highest BCUT2D eigenvalue weighted by Gasteiger charge is 2.25. The van der Waals surface area contributed by atoms with E-state index in [0.29, 0.717) is 0 Å². The van der Waals surface area contributed by atoms with Gasteiger partial charge in [-0.1, -0.05) is 212 Å².